The maximum Gasteiger partial charge on any atom is 0.246 e. The Morgan fingerprint density at radius 3 is 2.32 bits per heavy atom. The number of aryl methyl sites for hydroxylation is 1. The second-order valence-electron chi connectivity index (χ2n) is 6.37. The monoisotopic (exact) mass is 339 g/mol. The fourth-order valence-corrected chi connectivity index (χ4v) is 2.36. The maximum absolute atomic E-state index is 12.2. The molecule has 0 fully saturated rings. The minimum absolute atomic E-state index is 0.276. The second-order valence-corrected chi connectivity index (χ2v) is 6.37. The lowest BCUT2D eigenvalue weighted by atomic mass is 10.0. The van der Waals surface area contributed by atoms with Gasteiger partial charge in [-0.15, -0.1) is 0 Å². The van der Waals surface area contributed by atoms with Gasteiger partial charge in [0.2, 0.25) is 11.8 Å². The fraction of sp³-hybridized carbons (Fsp3) is 0.300. The van der Waals surface area contributed by atoms with E-state index in [1.54, 1.807) is 13.8 Å². The number of nitrogens with one attached hydrogen (secondary N) is 2. The predicted octanol–water partition coefficient (Wildman–Crippen LogP) is 2.38. The number of nitrogens with two attached hydrogens (primary N) is 1. The molecule has 0 aliphatic rings. The summed E-state index contributed by atoms with van der Waals surface area (Å²) in [6, 6.07) is 14.8. The van der Waals surface area contributed by atoms with Gasteiger partial charge in [-0.1, -0.05) is 42.0 Å². The first-order valence-electron chi connectivity index (χ1n) is 8.36. The van der Waals surface area contributed by atoms with Crippen LogP contribution in [0.1, 0.15) is 30.5 Å². The molecule has 0 aliphatic carbocycles. The van der Waals surface area contributed by atoms with Crippen molar-refractivity contribution in [1.82, 2.24) is 5.32 Å². The van der Waals surface area contributed by atoms with Crippen LogP contribution in [0.25, 0.3) is 0 Å². The molecule has 5 heteroatoms. The Labute approximate surface area is 148 Å². The maximum atomic E-state index is 12.2. The van der Waals surface area contributed by atoms with Crippen LogP contribution < -0.4 is 16.4 Å². The number of amides is 2. The summed E-state index contributed by atoms with van der Waals surface area (Å²) in [5.41, 5.74) is 9.75. The molecule has 0 saturated heterocycles. The Morgan fingerprint density at radius 1 is 1.00 bits per heavy atom. The van der Waals surface area contributed by atoms with Crippen molar-refractivity contribution >= 4 is 17.5 Å². The first-order chi connectivity index (χ1) is 11.8. The summed E-state index contributed by atoms with van der Waals surface area (Å²) in [5, 5.41) is 5.41. The minimum atomic E-state index is -0.653. The van der Waals surface area contributed by atoms with Gasteiger partial charge in [-0.2, -0.15) is 0 Å². The number of hydrogen-bond donors (Lipinski definition) is 3. The van der Waals surface area contributed by atoms with Crippen LogP contribution in [0.15, 0.2) is 48.5 Å². The SMILES string of the molecule is Cc1ccc(Cc2cccc(NC(=O)[C@H](C)NC(=O)[C@H](C)N)c2)cc1. The predicted molar refractivity (Wildman–Crippen MR) is 100 cm³/mol. The highest BCUT2D eigenvalue weighted by atomic mass is 16.2. The van der Waals surface area contributed by atoms with Crippen LogP contribution in [0.4, 0.5) is 5.69 Å². The molecular formula is C20H25N3O2. The van der Waals surface area contributed by atoms with E-state index in [2.05, 4.69) is 41.8 Å². The average molecular weight is 339 g/mol. The third kappa shape index (κ3) is 5.72. The number of benzene rings is 2. The quantitative estimate of drug-likeness (QED) is 0.755. The molecule has 0 heterocycles. The number of anilines is 1. The van der Waals surface area contributed by atoms with Gasteiger partial charge in [0.05, 0.1) is 6.04 Å². The van der Waals surface area contributed by atoms with E-state index in [0.717, 1.165) is 12.0 Å². The lowest BCUT2D eigenvalue weighted by molar-refractivity contribution is -0.126. The summed E-state index contributed by atoms with van der Waals surface area (Å²) >= 11 is 0. The van der Waals surface area contributed by atoms with Crippen molar-refractivity contribution in [2.75, 3.05) is 5.32 Å². The number of carbonyl (C=O) groups excluding carboxylic acids is 2. The molecule has 0 radical (unpaired) electrons. The average Bonchev–Trinajstić information content (AvgIpc) is 2.57. The van der Waals surface area contributed by atoms with Crippen molar-refractivity contribution in [2.24, 2.45) is 5.73 Å². The number of rotatable bonds is 6. The van der Waals surface area contributed by atoms with Gasteiger partial charge in [0.15, 0.2) is 0 Å². The summed E-state index contributed by atoms with van der Waals surface area (Å²) in [7, 11) is 0. The van der Waals surface area contributed by atoms with Crippen LogP contribution in [-0.2, 0) is 16.0 Å². The van der Waals surface area contributed by atoms with E-state index < -0.39 is 12.1 Å². The first-order valence-corrected chi connectivity index (χ1v) is 8.36. The second kappa shape index (κ2) is 8.44. The molecule has 2 amide bonds. The largest absolute Gasteiger partial charge is 0.343 e. The van der Waals surface area contributed by atoms with E-state index in [4.69, 9.17) is 5.73 Å². The summed E-state index contributed by atoms with van der Waals surface area (Å²) < 4.78 is 0. The molecule has 0 unspecified atom stereocenters. The van der Waals surface area contributed by atoms with Gasteiger partial charge in [0, 0.05) is 5.69 Å². The van der Waals surface area contributed by atoms with Gasteiger partial charge < -0.3 is 16.4 Å². The zero-order valence-electron chi connectivity index (χ0n) is 14.9. The van der Waals surface area contributed by atoms with Gasteiger partial charge in [0.1, 0.15) is 6.04 Å². The van der Waals surface area contributed by atoms with Crippen molar-refractivity contribution in [3.05, 3.63) is 65.2 Å². The Hall–Kier alpha value is -2.66. The molecule has 5 nitrogen and oxygen atoms in total. The van der Waals surface area contributed by atoms with Crippen molar-refractivity contribution in [3.63, 3.8) is 0 Å². The highest BCUT2D eigenvalue weighted by Crippen LogP contribution is 2.15. The third-order valence-electron chi connectivity index (χ3n) is 3.89. The Balaban J connectivity index is 1.99. The van der Waals surface area contributed by atoms with Crippen LogP contribution >= 0.6 is 0 Å². The summed E-state index contributed by atoms with van der Waals surface area (Å²) in [4.78, 5) is 23.8. The smallest absolute Gasteiger partial charge is 0.246 e. The van der Waals surface area contributed by atoms with Crippen molar-refractivity contribution in [2.45, 2.75) is 39.3 Å². The molecule has 0 bridgehead atoms. The van der Waals surface area contributed by atoms with E-state index >= 15 is 0 Å². The van der Waals surface area contributed by atoms with Crippen molar-refractivity contribution in [3.8, 4) is 0 Å². The van der Waals surface area contributed by atoms with Gasteiger partial charge in [-0.05, 0) is 50.5 Å². The standard InChI is InChI=1S/C20H25N3O2/c1-13-7-9-16(10-8-13)11-17-5-4-6-18(12-17)23-20(25)15(3)22-19(24)14(2)21/h4-10,12,14-15H,11,21H2,1-3H3,(H,22,24)(H,23,25)/t14-,15-/m0/s1. The highest BCUT2D eigenvalue weighted by molar-refractivity contribution is 5.97. The molecular weight excluding hydrogens is 314 g/mol. The summed E-state index contributed by atoms with van der Waals surface area (Å²) in [6.07, 6.45) is 0.793. The van der Waals surface area contributed by atoms with Crippen molar-refractivity contribution < 1.29 is 9.59 Å². The molecule has 2 aromatic carbocycles. The van der Waals surface area contributed by atoms with Crippen LogP contribution in [0, 0.1) is 6.92 Å². The van der Waals surface area contributed by atoms with Crippen molar-refractivity contribution in [1.29, 1.82) is 0 Å². The fourth-order valence-electron chi connectivity index (χ4n) is 2.36. The highest BCUT2D eigenvalue weighted by Gasteiger charge is 2.17. The third-order valence-corrected chi connectivity index (χ3v) is 3.89. The molecule has 2 rings (SSSR count). The number of carbonyl (C=O) groups is 2. The molecule has 2 atom stereocenters. The lowest BCUT2D eigenvalue weighted by Crippen LogP contribution is -2.47. The molecule has 2 aromatic rings. The Morgan fingerprint density at radius 2 is 1.68 bits per heavy atom. The molecule has 0 aliphatic heterocycles. The zero-order chi connectivity index (χ0) is 18.4. The van der Waals surface area contributed by atoms with Gasteiger partial charge >= 0.3 is 0 Å². The van der Waals surface area contributed by atoms with Gasteiger partial charge in [0.25, 0.3) is 0 Å². The van der Waals surface area contributed by atoms with E-state index in [9.17, 15) is 9.59 Å². The van der Waals surface area contributed by atoms with Crippen LogP contribution in [-0.4, -0.2) is 23.9 Å². The van der Waals surface area contributed by atoms with E-state index in [0.29, 0.717) is 5.69 Å². The van der Waals surface area contributed by atoms with Crippen LogP contribution in [0.3, 0.4) is 0 Å². The van der Waals surface area contributed by atoms with E-state index in [-0.39, 0.29) is 11.8 Å². The van der Waals surface area contributed by atoms with Gasteiger partial charge in [-0.3, -0.25) is 9.59 Å². The molecule has 132 valence electrons. The summed E-state index contributed by atoms with van der Waals surface area (Å²) in [5.74, 6) is -0.628. The molecule has 0 saturated carbocycles. The zero-order valence-corrected chi connectivity index (χ0v) is 14.9. The Kier molecular flexibility index (Phi) is 6.31. The van der Waals surface area contributed by atoms with Crippen LogP contribution in [0.5, 0.6) is 0 Å². The normalized spacial score (nSPS) is 13.0. The molecule has 0 spiro atoms. The minimum Gasteiger partial charge on any atom is -0.343 e. The Bertz CT molecular complexity index is 739. The molecule has 0 aromatic heterocycles. The molecule has 4 N–H and O–H groups in total. The van der Waals surface area contributed by atoms with Crippen LogP contribution in [0.2, 0.25) is 0 Å². The van der Waals surface area contributed by atoms with E-state index in [1.165, 1.54) is 11.1 Å². The first kappa shape index (κ1) is 18.7. The molecule has 25 heavy (non-hydrogen) atoms. The topological polar surface area (TPSA) is 84.2 Å². The van der Waals surface area contributed by atoms with Gasteiger partial charge in [-0.25, -0.2) is 0 Å². The van der Waals surface area contributed by atoms with E-state index in [1.807, 2.05) is 24.3 Å². The summed E-state index contributed by atoms with van der Waals surface area (Å²) in [6.45, 7) is 5.27. The lowest BCUT2D eigenvalue weighted by Gasteiger charge is -2.16. The number of hydrogen-bond acceptors (Lipinski definition) is 3.